The molecular weight excluding hydrogens is 312 g/mol. The molecule has 0 aliphatic carbocycles. The number of hydrogen-bond donors (Lipinski definition) is 3. The standard InChI is InChI=1S/C18H22O6/c1-11-7-14(20)9-13(19)6-4-2-3-5-12-8-15(21)10-16(22)17(12)18(23)24-11/h3,5,8,10-11,14,20-22H,2,4,6-7,9H2,1H3/b5-3-/t11-,14-/m0/s1. The van der Waals surface area contributed by atoms with Crippen molar-refractivity contribution in [3.63, 3.8) is 0 Å². The van der Waals surface area contributed by atoms with Crippen molar-refractivity contribution in [2.45, 2.75) is 51.2 Å². The number of benzene rings is 1. The normalized spacial score (nSPS) is 24.6. The highest BCUT2D eigenvalue weighted by molar-refractivity contribution is 5.97. The maximum Gasteiger partial charge on any atom is 0.342 e. The van der Waals surface area contributed by atoms with Gasteiger partial charge < -0.3 is 20.1 Å². The Balaban J connectivity index is 2.34. The Kier molecular flexibility index (Phi) is 5.98. The monoisotopic (exact) mass is 334 g/mol. The molecule has 1 aromatic carbocycles. The van der Waals surface area contributed by atoms with Crippen LogP contribution in [0.5, 0.6) is 11.5 Å². The van der Waals surface area contributed by atoms with Crippen molar-refractivity contribution in [2.24, 2.45) is 0 Å². The molecule has 1 heterocycles. The van der Waals surface area contributed by atoms with Gasteiger partial charge in [0.15, 0.2) is 0 Å². The van der Waals surface area contributed by atoms with Gasteiger partial charge in [0.2, 0.25) is 0 Å². The smallest absolute Gasteiger partial charge is 0.342 e. The van der Waals surface area contributed by atoms with Gasteiger partial charge in [0, 0.05) is 25.3 Å². The summed E-state index contributed by atoms with van der Waals surface area (Å²) in [4.78, 5) is 24.1. The maximum atomic E-state index is 12.3. The van der Waals surface area contributed by atoms with Crippen molar-refractivity contribution in [3.8, 4) is 11.5 Å². The highest BCUT2D eigenvalue weighted by Gasteiger charge is 2.22. The molecule has 130 valence electrons. The van der Waals surface area contributed by atoms with E-state index in [2.05, 4.69) is 0 Å². The van der Waals surface area contributed by atoms with E-state index in [9.17, 15) is 24.9 Å². The van der Waals surface area contributed by atoms with Crippen LogP contribution in [0.15, 0.2) is 18.2 Å². The molecule has 0 aromatic heterocycles. The van der Waals surface area contributed by atoms with Crippen LogP contribution < -0.4 is 0 Å². The van der Waals surface area contributed by atoms with E-state index in [0.29, 0.717) is 24.8 Å². The first kappa shape index (κ1) is 18.0. The van der Waals surface area contributed by atoms with Crippen molar-refractivity contribution < 1.29 is 29.6 Å². The van der Waals surface area contributed by atoms with Gasteiger partial charge in [-0.05, 0) is 31.4 Å². The first-order valence-corrected chi connectivity index (χ1v) is 8.00. The lowest BCUT2D eigenvalue weighted by atomic mass is 10.0. The second-order valence-electron chi connectivity index (χ2n) is 6.07. The fourth-order valence-corrected chi connectivity index (χ4v) is 2.74. The van der Waals surface area contributed by atoms with Crippen LogP contribution in [0.1, 0.15) is 54.9 Å². The summed E-state index contributed by atoms with van der Waals surface area (Å²) in [6.07, 6.45) is 3.68. The number of fused-ring (bicyclic) bond motifs is 1. The summed E-state index contributed by atoms with van der Waals surface area (Å²) in [5.74, 6) is -1.30. The van der Waals surface area contributed by atoms with E-state index in [1.807, 2.05) is 0 Å². The van der Waals surface area contributed by atoms with Gasteiger partial charge in [0.1, 0.15) is 28.9 Å². The maximum absolute atomic E-state index is 12.3. The van der Waals surface area contributed by atoms with Gasteiger partial charge in [-0.1, -0.05) is 12.2 Å². The Morgan fingerprint density at radius 1 is 1.21 bits per heavy atom. The SMILES string of the molecule is C[C@H]1C[C@H](O)CC(=O)CCC/C=C\c2cc(O)cc(O)c2C(=O)O1. The molecule has 0 saturated carbocycles. The lowest BCUT2D eigenvalue weighted by Gasteiger charge is -2.18. The number of ether oxygens (including phenoxy) is 1. The molecule has 0 spiro atoms. The molecule has 1 aromatic rings. The fraction of sp³-hybridized carbons (Fsp3) is 0.444. The predicted molar refractivity (Wildman–Crippen MR) is 87.8 cm³/mol. The molecular formula is C18H22O6. The average molecular weight is 334 g/mol. The Hall–Kier alpha value is -2.34. The van der Waals surface area contributed by atoms with Crippen molar-refractivity contribution >= 4 is 17.8 Å². The molecule has 24 heavy (non-hydrogen) atoms. The van der Waals surface area contributed by atoms with Crippen LogP contribution >= 0.6 is 0 Å². The summed E-state index contributed by atoms with van der Waals surface area (Å²) in [5.41, 5.74) is 0.312. The number of rotatable bonds is 0. The Bertz CT molecular complexity index is 649. The van der Waals surface area contributed by atoms with Crippen LogP contribution in [0.2, 0.25) is 0 Å². The Morgan fingerprint density at radius 3 is 2.71 bits per heavy atom. The number of ketones is 1. The van der Waals surface area contributed by atoms with E-state index < -0.39 is 18.2 Å². The van der Waals surface area contributed by atoms with Crippen molar-refractivity contribution in [3.05, 3.63) is 29.3 Å². The minimum Gasteiger partial charge on any atom is -0.508 e. The Labute approximate surface area is 140 Å². The lowest BCUT2D eigenvalue weighted by molar-refractivity contribution is -0.121. The molecule has 0 saturated heterocycles. The van der Waals surface area contributed by atoms with Crippen LogP contribution in [0.3, 0.4) is 0 Å². The molecule has 0 amide bonds. The molecule has 3 N–H and O–H groups in total. The summed E-state index contributed by atoms with van der Waals surface area (Å²) in [6.45, 7) is 1.62. The Morgan fingerprint density at radius 2 is 1.96 bits per heavy atom. The number of hydrogen-bond acceptors (Lipinski definition) is 6. The molecule has 6 heteroatoms. The van der Waals surface area contributed by atoms with Gasteiger partial charge in [-0.3, -0.25) is 4.79 Å². The average Bonchev–Trinajstić information content (AvgIpc) is 2.44. The number of aliphatic hydroxyl groups is 1. The van der Waals surface area contributed by atoms with Gasteiger partial charge in [-0.2, -0.15) is 0 Å². The second kappa shape index (κ2) is 7.97. The molecule has 0 bridgehead atoms. The largest absolute Gasteiger partial charge is 0.508 e. The zero-order valence-electron chi connectivity index (χ0n) is 13.6. The van der Waals surface area contributed by atoms with Crippen molar-refractivity contribution in [2.75, 3.05) is 0 Å². The zero-order valence-corrected chi connectivity index (χ0v) is 13.6. The van der Waals surface area contributed by atoms with Crippen molar-refractivity contribution in [1.82, 2.24) is 0 Å². The molecule has 0 fully saturated rings. The number of phenolic OH excluding ortho intramolecular Hbond substituents is 2. The minimum atomic E-state index is -0.869. The van der Waals surface area contributed by atoms with Crippen LogP contribution in [0, 0.1) is 0 Å². The summed E-state index contributed by atoms with van der Waals surface area (Å²) in [7, 11) is 0. The van der Waals surface area contributed by atoms with E-state index in [0.717, 1.165) is 6.07 Å². The third kappa shape index (κ3) is 4.83. The number of carbonyl (C=O) groups excluding carboxylic acids is 2. The topological polar surface area (TPSA) is 104 Å². The van der Waals surface area contributed by atoms with Crippen LogP contribution in [0.25, 0.3) is 6.08 Å². The van der Waals surface area contributed by atoms with Crippen LogP contribution in [0.4, 0.5) is 0 Å². The molecule has 2 atom stereocenters. The third-order valence-corrected chi connectivity index (χ3v) is 3.84. The van der Waals surface area contributed by atoms with Gasteiger partial charge in [-0.25, -0.2) is 4.79 Å². The summed E-state index contributed by atoms with van der Waals surface area (Å²) in [5, 5.41) is 29.5. The molecule has 0 unspecified atom stereocenters. The minimum absolute atomic E-state index is 0.0258. The predicted octanol–water partition coefficient (Wildman–Crippen LogP) is 2.55. The zero-order chi connectivity index (χ0) is 17.7. The lowest BCUT2D eigenvalue weighted by Crippen LogP contribution is -2.23. The second-order valence-corrected chi connectivity index (χ2v) is 6.07. The fourth-order valence-electron chi connectivity index (χ4n) is 2.74. The highest BCUT2D eigenvalue weighted by atomic mass is 16.5. The van der Waals surface area contributed by atoms with Crippen molar-refractivity contribution in [1.29, 1.82) is 0 Å². The molecule has 1 aliphatic heterocycles. The highest BCUT2D eigenvalue weighted by Crippen LogP contribution is 2.30. The van der Waals surface area contributed by atoms with E-state index in [4.69, 9.17) is 4.74 Å². The quantitative estimate of drug-likeness (QED) is 0.630. The third-order valence-electron chi connectivity index (χ3n) is 3.84. The van der Waals surface area contributed by atoms with E-state index >= 15 is 0 Å². The number of carbonyl (C=O) groups is 2. The first-order chi connectivity index (χ1) is 11.4. The number of Topliss-reactive ketones (excluding diaryl/α,β-unsaturated/α-hetero) is 1. The summed E-state index contributed by atoms with van der Waals surface area (Å²) in [6, 6.07) is 2.44. The number of aliphatic hydroxyl groups excluding tert-OH is 1. The van der Waals surface area contributed by atoms with E-state index in [1.165, 1.54) is 6.07 Å². The number of aromatic hydroxyl groups is 2. The van der Waals surface area contributed by atoms with Gasteiger partial charge in [-0.15, -0.1) is 0 Å². The van der Waals surface area contributed by atoms with E-state index in [-0.39, 0.29) is 35.7 Å². The van der Waals surface area contributed by atoms with Crippen LogP contribution in [-0.4, -0.2) is 39.3 Å². The molecule has 1 aliphatic rings. The van der Waals surface area contributed by atoms with Gasteiger partial charge >= 0.3 is 5.97 Å². The summed E-state index contributed by atoms with van der Waals surface area (Å²) < 4.78 is 5.26. The molecule has 2 rings (SSSR count). The first-order valence-electron chi connectivity index (χ1n) is 8.00. The number of esters is 1. The molecule has 6 nitrogen and oxygen atoms in total. The number of phenols is 2. The van der Waals surface area contributed by atoms with Crippen LogP contribution in [-0.2, 0) is 9.53 Å². The number of allylic oxidation sites excluding steroid dienone is 1. The summed E-state index contributed by atoms with van der Waals surface area (Å²) >= 11 is 0. The molecule has 0 radical (unpaired) electrons. The van der Waals surface area contributed by atoms with E-state index in [1.54, 1.807) is 19.1 Å². The number of cyclic esters (lactones) is 1. The van der Waals surface area contributed by atoms with Gasteiger partial charge in [0.25, 0.3) is 0 Å². The van der Waals surface area contributed by atoms with Gasteiger partial charge in [0.05, 0.1) is 6.10 Å².